The van der Waals surface area contributed by atoms with E-state index in [9.17, 15) is 9.59 Å². The van der Waals surface area contributed by atoms with Crippen LogP contribution in [-0.2, 0) is 4.79 Å². The summed E-state index contributed by atoms with van der Waals surface area (Å²) in [5.74, 6) is 0.735. The number of hydrogen-bond acceptors (Lipinski definition) is 4. The molecule has 114 valence electrons. The van der Waals surface area contributed by atoms with Crippen molar-refractivity contribution in [1.82, 2.24) is 10.2 Å². The van der Waals surface area contributed by atoms with Gasteiger partial charge in [-0.05, 0) is 25.1 Å². The molecule has 1 N–H and O–H groups in total. The van der Waals surface area contributed by atoms with Crippen molar-refractivity contribution in [2.75, 3.05) is 27.3 Å². The highest BCUT2D eigenvalue weighted by Crippen LogP contribution is 2.30. The van der Waals surface area contributed by atoms with Gasteiger partial charge < -0.3 is 19.7 Å². The number of rotatable bonds is 3. The number of fused-ring (bicyclic) bond motifs is 1. The van der Waals surface area contributed by atoms with Crippen LogP contribution in [0.4, 0.5) is 0 Å². The number of benzene rings is 1. The number of amides is 2. The molecule has 0 saturated heterocycles. The molecule has 0 spiro atoms. The number of likely N-dealkylation sites (N-methyl/N-ethyl adjacent to an activating group) is 1. The molecule has 1 aliphatic heterocycles. The molecule has 0 aliphatic carbocycles. The smallest absolute Gasteiger partial charge is 0.252 e. The monoisotopic (exact) mass is 292 g/mol. The lowest BCUT2D eigenvalue weighted by molar-refractivity contribution is -0.130. The van der Waals surface area contributed by atoms with Gasteiger partial charge in [0, 0.05) is 26.1 Å². The fourth-order valence-corrected chi connectivity index (χ4v) is 2.03. The average molecular weight is 292 g/mol. The van der Waals surface area contributed by atoms with E-state index >= 15 is 0 Å². The van der Waals surface area contributed by atoms with E-state index in [4.69, 9.17) is 9.47 Å². The lowest BCUT2D eigenvalue weighted by atomic mass is 10.1. The van der Waals surface area contributed by atoms with Crippen LogP contribution in [0.3, 0.4) is 0 Å². The Morgan fingerprint density at radius 1 is 1.19 bits per heavy atom. The van der Waals surface area contributed by atoms with Gasteiger partial charge in [0.25, 0.3) is 5.91 Å². The van der Waals surface area contributed by atoms with E-state index in [2.05, 4.69) is 5.32 Å². The van der Waals surface area contributed by atoms with Gasteiger partial charge in [0.1, 0.15) is 6.04 Å². The molecular weight excluding hydrogens is 272 g/mol. The minimum Gasteiger partial charge on any atom is -0.490 e. The second-order valence-corrected chi connectivity index (χ2v) is 5.14. The van der Waals surface area contributed by atoms with Crippen LogP contribution in [0.5, 0.6) is 11.5 Å². The Labute approximate surface area is 124 Å². The van der Waals surface area contributed by atoms with Gasteiger partial charge in [0.15, 0.2) is 11.5 Å². The maximum Gasteiger partial charge on any atom is 0.252 e. The number of nitrogens with zero attached hydrogens (tertiary/aromatic N) is 1. The Morgan fingerprint density at radius 2 is 1.86 bits per heavy atom. The van der Waals surface area contributed by atoms with Crippen LogP contribution in [0.15, 0.2) is 18.2 Å². The molecule has 6 nitrogen and oxygen atoms in total. The number of carbonyl (C=O) groups excluding carboxylic acids is 2. The molecule has 2 rings (SSSR count). The van der Waals surface area contributed by atoms with Gasteiger partial charge in [-0.15, -0.1) is 0 Å². The van der Waals surface area contributed by atoms with Crippen LogP contribution in [0, 0.1) is 0 Å². The molecule has 1 aromatic rings. The Balaban J connectivity index is 2.09. The average Bonchev–Trinajstić information content (AvgIpc) is 2.70. The fraction of sp³-hybridized carbons (Fsp3) is 0.467. The van der Waals surface area contributed by atoms with Gasteiger partial charge in [0.05, 0.1) is 13.2 Å². The summed E-state index contributed by atoms with van der Waals surface area (Å²) in [6, 6.07) is 4.44. The number of hydrogen-bond donors (Lipinski definition) is 1. The van der Waals surface area contributed by atoms with E-state index in [1.165, 1.54) is 4.90 Å². The van der Waals surface area contributed by atoms with Crippen molar-refractivity contribution >= 4 is 11.8 Å². The van der Waals surface area contributed by atoms with Crippen molar-refractivity contribution in [1.29, 1.82) is 0 Å². The van der Waals surface area contributed by atoms with Crippen LogP contribution in [0.25, 0.3) is 0 Å². The molecule has 1 unspecified atom stereocenters. The van der Waals surface area contributed by atoms with Crippen LogP contribution in [-0.4, -0.2) is 50.1 Å². The van der Waals surface area contributed by atoms with E-state index < -0.39 is 6.04 Å². The zero-order chi connectivity index (χ0) is 15.4. The molecule has 2 amide bonds. The minimum atomic E-state index is -0.580. The lowest BCUT2D eigenvalue weighted by Crippen LogP contribution is -2.44. The van der Waals surface area contributed by atoms with Crippen molar-refractivity contribution in [2.45, 2.75) is 19.4 Å². The zero-order valence-electron chi connectivity index (χ0n) is 12.5. The summed E-state index contributed by atoms with van der Waals surface area (Å²) in [7, 11) is 3.30. The Hall–Kier alpha value is -2.24. The molecule has 1 aromatic carbocycles. The normalized spacial score (nSPS) is 14.8. The zero-order valence-corrected chi connectivity index (χ0v) is 12.5. The highest BCUT2D eigenvalue weighted by Gasteiger charge is 2.19. The van der Waals surface area contributed by atoms with Gasteiger partial charge >= 0.3 is 0 Å². The third kappa shape index (κ3) is 3.65. The third-order valence-electron chi connectivity index (χ3n) is 3.17. The van der Waals surface area contributed by atoms with Crippen molar-refractivity contribution in [2.24, 2.45) is 0 Å². The topological polar surface area (TPSA) is 67.9 Å². The third-order valence-corrected chi connectivity index (χ3v) is 3.17. The first-order valence-electron chi connectivity index (χ1n) is 6.90. The Morgan fingerprint density at radius 3 is 2.52 bits per heavy atom. The van der Waals surface area contributed by atoms with Crippen LogP contribution >= 0.6 is 0 Å². The predicted octanol–water partition coefficient (Wildman–Crippen LogP) is 1.05. The van der Waals surface area contributed by atoms with E-state index in [0.717, 1.165) is 6.42 Å². The second kappa shape index (κ2) is 6.47. The molecule has 0 saturated carbocycles. The first kappa shape index (κ1) is 15.2. The highest BCUT2D eigenvalue weighted by molar-refractivity contribution is 5.97. The summed E-state index contributed by atoms with van der Waals surface area (Å²) in [5.41, 5.74) is 0.442. The lowest BCUT2D eigenvalue weighted by Gasteiger charge is -2.18. The van der Waals surface area contributed by atoms with Crippen molar-refractivity contribution in [3.63, 3.8) is 0 Å². The largest absolute Gasteiger partial charge is 0.490 e. The molecule has 0 aromatic heterocycles. The summed E-state index contributed by atoms with van der Waals surface area (Å²) < 4.78 is 11.1. The highest BCUT2D eigenvalue weighted by atomic mass is 16.5. The molecule has 21 heavy (non-hydrogen) atoms. The molecule has 1 aliphatic rings. The van der Waals surface area contributed by atoms with Crippen LogP contribution < -0.4 is 14.8 Å². The summed E-state index contributed by atoms with van der Waals surface area (Å²) in [5, 5.41) is 2.67. The first-order chi connectivity index (χ1) is 9.99. The Bertz CT molecular complexity index is 542. The first-order valence-corrected chi connectivity index (χ1v) is 6.90. The summed E-state index contributed by atoms with van der Waals surface area (Å²) in [6.07, 6.45) is 0.810. The van der Waals surface area contributed by atoms with Crippen LogP contribution in [0.1, 0.15) is 23.7 Å². The molecule has 1 atom stereocenters. The second-order valence-electron chi connectivity index (χ2n) is 5.14. The molecule has 0 fully saturated rings. The van der Waals surface area contributed by atoms with Crippen molar-refractivity contribution < 1.29 is 19.1 Å². The van der Waals surface area contributed by atoms with E-state index in [1.54, 1.807) is 39.2 Å². The van der Waals surface area contributed by atoms with Gasteiger partial charge in [-0.1, -0.05) is 0 Å². The van der Waals surface area contributed by atoms with E-state index in [0.29, 0.717) is 30.3 Å². The summed E-state index contributed by atoms with van der Waals surface area (Å²) >= 11 is 0. The standard InChI is InChI=1S/C15H20N2O4/c1-10(15(19)17(2)3)16-14(18)11-5-6-12-13(9-11)21-8-4-7-20-12/h5-6,9-10H,4,7-8H2,1-3H3,(H,16,18). The molecule has 0 radical (unpaired) electrons. The predicted molar refractivity (Wildman–Crippen MR) is 77.7 cm³/mol. The summed E-state index contributed by atoms with van der Waals surface area (Å²) in [4.78, 5) is 25.4. The number of ether oxygens (including phenoxy) is 2. The van der Waals surface area contributed by atoms with Gasteiger partial charge in [-0.2, -0.15) is 0 Å². The number of nitrogens with one attached hydrogen (secondary N) is 1. The minimum absolute atomic E-state index is 0.155. The Kier molecular flexibility index (Phi) is 4.67. The van der Waals surface area contributed by atoms with Crippen molar-refractivity contribution in [3.8, 4) is 11.5 Å². The van der Waals surface area contributed by atoms with E-state index in [-0.39, 0.29) is 11.8 Å². The molecule has 6 heteroatoms. The molecule has 1 heterocycles. The van der Waals surface area contributed by atoms with Crippen LogP contribution in [0.2, 0.25) is 0 Å². The van der Waals surface area contributed by atoms with Gasteiger partial charge in [-0.3, -0.25) is 9.59 Å². The van der Waals surface area contributed by atoms with E-state index in [1.807, 2.05) is 0 Å². The maximum absolute atomic E-state index is 12.2. The number of carbonyl (C=O) groups is 2. The SMILES string of the molecule is CC(NC(=O)c1ccc2c(c1)OCCCO2)C(=O)N(C)C. The van der Waals surface area contributed by atoms with Gasteiger partial charge in [-0.25, -0.2) is 0 Å². The van der Waals surface area contributed by atoms with Crippen molar-refractivity contribution in [3.05, 3.63) is 23.8 Å². The quantitative estimate of drug-likeness (QED) is 0.904. The molecular formula is C15H20N2O4. The fourth-order valence-electron chi connectivity index (χ4n) is 2.03. The van der Waals surface area contributed by atoms with Gasteiger partial charge in [0.2, 0.25) is 5.91 Å². The maximum atomic E-state index is 12.2. The summed E-state index contributed by atoms with van der Waals surface area (Å²) in [6.45, 7) is 2.82. The molecule has 0 bridgehead atoms.